The number of fused-ring (bicyclic) bond motifs is 2. The molecule has 5 rings (SSSR count). The molecule has 2 N–H and O–H groups in total. The molecule has 186 valence electrons. The van der Waals surface area contributed by atoms with E-state index in [0.717, 1.165) is 5.39 Å². The second-order valence-corrected chi connectivity index (χ2v) is 11.1. The minimum Gasteiger partial charge on any atom is -0.422 e. The molecule has 5 aromatic rings. The molecule has 0 saturated carbocycles. The van der Waals surface area contributed by atoms with E-state index in [1.165, 1.54) is 11.3 Å². The maximum atomic E-state index is 13.2. The summed E-state index contributed by atoms with van der Waals surface area (Å²) < 4.78 is 6.15. The van der Waals surface area contributed by atoms with E-state index in [0.29, 0.717) is 47.9 Å². The van der Waals surface area contributed by atoms with Gasteiger partial charge in [-0.1, -0.05) is 54.1 Å². The Morgan fingerprint density at radius 1 is 0.919 bits per heavy atom. The Balaban J connectivity index is 1.47. The molecule has 0 aliphatic rings. The van der Waals surface area contributed by atoms with E-state index in [1.807, 2.05) is 39.0 Å². The van der Waals surface area contributed by atoms with E-state index < -0.39 is 11.2 Å². The van der Waals surface area contributed by atoms with Crippen molar-refractivity contribution in [1.29, 1.82) is 0 Å². The van der Waals surface area contributed by atoms with Crippen LogP contribution in [-0.2, 0) is 0 Å². The highest BCUT2D eigenvalue weighted by Gasteiger charge is 2.23. The molecule has 3 aromatic carbocycles. The van der Waals surface area contributed by atoms with Crippen LogP contribution in [-0.4, -0.2) is 17.4 Å². The van der Waals surface area contributed by atoms with Crippen LogP contribution in [0.1, 0.15) is 40.8 Å². The van der Waals surface area contributed by atoms with Crippen molar-refractivity contribution in [2.45, 2.75) is 26.3 Å². The summed E-state index contributed by atoms with van der Waals surface area (Å²) in [6.45, 7) is 5.69. The maximum Gasteiger partial charge on any atom is 0.344 e. The van der Waals surface area contributed by atoms with Gasteiger partial charge in [-0.05, 0) is 56.7 Å². The summed E-state index contributed by atoms with van der Waals surface area (Å²) in [5.41, 5.74) is 1.47. The third-order valence-electron chi connectivity index (χ3n) is 5.68. The summed E-state index contributed by atoms with van der Waals surface area (Å²) in [6, 6.07) is 21.2. The lowest BCUT2D eigenvalue weighted by molar-refractivity contribution is 0.0923. The minimum atomic E-state index is -0.477. The van der Waals surface area contributed by atoms with E-state index in [1.54, 1.807) is 54.6 Å². The van der Waals surface area contributed by atoms with Crippen molar-refractivity contribution in [2.24, 2.45) is 0 Å². The fourth-order valence-electron chi connectivity index (χ4n) is 4.02. The van der Waals surface area contributed by atoms with Crippen LogP contribution in [0.15, 0.2) is 82.0 Å². The number of benzene rings is 3. The first-order valence-electron chi connectivity index (χ1n) is 11.6. The fraction of sp³-hybridized carbons (Fsp3) is 0.138. The summed E-state index contributed by atoms with van der Waals surface area (Å²) in [7, 11) is 0. The van der Waals surface area contributed by atoms with Gasteiger partial charge in [0.05, 0.1) is 21.0 Å². The summed E-state index contributed by atoms with van der Waals surface area (Å²) in [6.07, 6.45) is 0. The van der Waals surface area contributed by atoms with E-state index >= 15 is 0 Å². The molecule has 0 atom stereocenters. The number of thiophene rings is 1. The maximum absolute atomic E-state index is 13.2. The highest BCUT2D eigenvalue weighted by Crippen LogP contribution is 2.39. The number of para-hydroxylation sites is 1. The monoisotopic (exact) mass is 530 g/mol. The molecule has 2 heterocycles. The highest BCUT2D eigenvalue weighted by molar-refractivity contribution is 7.22. The van der Waals surface area contributed by atoms with Crippen LogP contribution in [0.25, 0.3) is 32.2 Å². The number of carbonyl (C=O) groups excluding carboxylic acids is 2. The molecule has 0 aliphatic carbocycles. The predicted molar refractivity (Wildman–Crippen MR) is 150 cm³/mol. The molecule has 0 radical (unpaired) electrons. The Morgan fingerprint density at radius 3 is 2.46 bits per heavy atom. The number of rotatable bonds is 4. The number of carbonyl (C=O) groups is 2. The first kappa shape index (κ1) is 24.7. The number of hydrogen-bond donors (Lipinski definition) is 2. The van der Waals surface area contributed by atoms with Crippen molar-refractivity contribution in [3.63, 3.8) is 0 Å². The molecular formula is C29H23ClN2O4S. The molecular weight excluding hydrogens is 508 g/mol. The lowest BCUT2D eigenvalue weighted by Crippen LogP contribution is -2.40. The van der Waals surface area contributed by atoms with Gasteiger partial charge in [0.1, 0.15) is 10.5 Å². The van der Waals surface area contributed by atoms with Gasteiger partial charge in [0.15, 0.2) is 0 Å². The van der Waals surface area contributed by atoms with Crippen LogP contribution < -0.4 is 16.3 Å². The fourth-order valence-corrected chi connectivity index (χ4v) is 5.49. The minimum absolute atomic E-state index is 0.266. The second kappa shape index (κ2) is 9.50. The Hall–Kier alpha value is -3.94. The highest BCUT2D eigenvalue weighted by atomic mass is 35.5. The molecule has 2 amide bonds. The molecule has 2 aromatic heterocycles. The van der Waals surface area contributed by atoms with Crippen molar-refractivity contribution in [3.05, 3.63) is 98.7 Å². The van der Waals surface area contributed by atoms with Gasteiger partial charge in [-0.25, -0.2) is 4.79 Å². The van der Waals surface area contributed by atoms with Crippen molar-refractivity contribution < 1.29 is 14.0 Å². The van der Waals surface area contributed by atoms with E-state index in [-0.39, 0.29) is 11.8 Å². The van der Waals surface area contributed by atoms with E-state index in [2.05, 4.69) is 10.6 Å². The first-order chi connectivity index (χ1) is 17.6. The van der Waals surface area contributed by atoms with Gasteiger partial charge < -0.3 is 15.1 Å². The topological polar surface area (TPSA) is 88.4 Å². The number of nitrogens with one attached hydrogen (secondary N) is 2. The largest absolute Gasteiger partial charge is 0.422 e. The molecule has 0 bridgehead atoms. The number of amides is 2. The first-order valence-corrected chi connectivity index (χ1v) is 12.8. The number of anilines is 1. The Labute approximate surface area is 221 Å². The standard InChI is InChI=1S/C29H23ClN2O4S/c1-29(2,3)32-27(34)25-23(30)19-11-7-12-21(24(19)37-25)31-26(33)18-10-6-9-16(14-18)20-15-17-8-4-5-13-22(17)36-28(20)35/h4-15H,1-3H3,(H,31,33)(H,32,34). The third kappa shape index (κ3) is 5.01. The average molecular weight is 531 g/mol. The van der Waals surface area contributed by atoms with Crippen LogP contribution >= 0.6 is 22.9 Å². The predicted octanol–water partition coefficient (Wildman–Crippen LogP) is 7.11. The van der Waals surface area contributed by atoms with Crippen molar-refractivity contribution >= 4 is 61.5 Å². The van der Waals surface area contributed by atoms with Gasteiger partial charge >= 0.3 is 5.63 Å². The molecule has 0 unspecified atom stereocenters. The average Bonchev–Trinajstić information content (AvgIpc) is 3.20. The van der Waals surface area contributed by atoms with Crippen molar-refractivity contribution in [1.82, 2.24) is 5.32 Å². The summed E-state index contributed by atoms with van der Waals surface area (Å²) in [5, 5.41) is 7.69. The van der Waals surface area contributed by atoms with Gasteiger partial charge in [-0.15, -0.1) is 11.3 Å². The van der Waals surface area contributed by atoms with E-state index in [4.69, 9.17) is 16.0 Å². The Bertz CT molecular complexity index is 1750. The molecule has 8 heteroatoms. The van der Waals surface area contributed by atoms with Crippen molar-refractivity contribution in [3.8, 4) is 11.1 Å². The van der Waals surface area contributed by atoms with Gasteiger partial charge in [0.25, 0.3) is 11.8 Å². The summed E-state index contributed by atoms with van der Waals surface area (Å²) in [4.78, 5) is 39.0. The SMILES string of the molecule is CC(C)(C)NC(=O)c1sc2c(NC(=O)c3cccc(-c4cc5ccccc5oc4=O)c3)cccc2c1Cl. The van der Waals surface area contributed by atoms with Crippen LogP contribution in [0.2, 0.25) is 5.02 Å². The van der Waals surface area contributed by atoms with Gasteiger partial charge in [-0.2, -0.15) is 0 Å². The normalized spacial score (nSPS) is 11.6. The van der Waals surface area contributed by atoms with Gasteiger partial charge in [-0.3, -0.25) is 9.59 Å². The Kier molecular flexibility index (Phi) is 6.35. The van der Waals surface area contributed by atoms with Gasteiger partial charge in [0.2, 0.25) is 0 Å². The number of hydrogen-bond acceptors (Lipinski definition) is 5. The molecule has 0 saturated heterocycles. The number of halogens is 1. The summed E-state index contributed by atoms with van der Waals surface area (Å²) in [5.74, 6) is -0.623. The van der Waals surface area contributed by atoms with Crippen LogP contribution in [0.4, 0.5) is 5.69 Å². The van der Waals surface area contributed by atoms with Crippen LogP contribution in [0, 0.1) is 0 Å². The molecule has 0 spiro atoms. The zero-order chi connectivity index (χ0) is 26.3. The summed E-state index contributed by atoms with van der Waals surface area (Å²) >= 11 is 7.78. The van der Waals surface area contributed by atoms with E-state index in [9.17, 15) is 14.4 Å². The van der Waals surface area contributed by atoms with Gasteiger partial charge in [0, 0.05) is 21.9 Å². The molecule has 0 aliphatic heterocycles. The van der Waals surface area contributed by atoms with Crippen molar-refractivity contribution in [2.75, 3.05) is 5.32 Å². The Morgan fingerprint density at radius 2 is 1.68 bits per heavy atom. The molecule has 0 fully saturated rings. The quantitative estimate of drug-likeness (QED) is 0.242. The van der Waals surface area contributed by atoms with Crippen LogP contribution in [0.3, 0.4) is 0 Å². The lowest BCUT2D eigenvalue weighted by atomic mass is 10.0. The van der Waals surface area contributed by atoms with Crippen LogP contribution in [0.5, 0.6) is 0 Å². The third-order valence-corrected chi connectivity index (χ3v) is 7.42. The smallest absolute Gasteiger partial charge is 0.344 e. The molecule has 6 nitrogen and oxygen atoms in total. The second-order valence-electron chi connectivity index (χ2n) is 9.65. The lowest BCUT2D eigenvalue weighted by Gasteiger charge is -2.19. The zero-order valence-electron chi connectivity index (χ0n) is 20.3. The zero-order valence-corrected chi connectivity index (χ0v) is 21.9. The molecule has 37 heavy (non-hydrogen) atoms.